The molecule has 0 saturated heterocycles. The van der Waals surface area contributed by atoms with Crippen molar-refractivity contribution in [3.63, 3.8) is 0 Å². The number of fused-ring (bicyclic) bond motifs is 12. The number of rotatable bonds is 8. The smallest absolute Gasteiger partial charge is 0.135 e. The van der Waals surface area contributed by atoms with Crippen LogP contribution in [0.4, 0.5) is 0 Å². The van der Waals surface area contributed by atoms with Gasteiger partial charge in [-0.25, -0.2) is 0 Å². The third-order valence-corrected chi connectivity index (χ3v) is 17.5. The first-order valence-corrected chi connectivity index (χ1v) is 37.5. The van der Waals surface area contributed by atoms with Gasteiger partial charge in [-0.15, -0.1) is 0 Å². The summed E-state index contributed by atoms with van der Waals surface area (Å²) in [4.78, 5) is 0. The van der Waals surface area contributed by atoms with Crippen LogP contribution in [-0.2, 0) is 12.8 Å². The Labute approximate surface area is 610 Å². The summed E-state index contributed by atoms with van der Waals surface area (Å²) in [7, 11) is 0. The highest BCUT2D eigenvalue weighted by Gasteiger charge is 2.22. The standard InChI is InChI=1S/2C38H26O.2C6H10.6C2H6/c1-24-11-8-21-34-36(24)37-26(14-10-22-35(37)39-34)23-33-28-16-4-6-18-31(28)38(32-19-7-5-17-29(32)33)30-20-9-13-25-12-2-3-15-27(25)30;1-24-10-8-18-34-36(24)38-27(13-9-19-35(38)39-34)23-33-29-14-4-6-16-31(29)37(32-17-7-5-15-30(32)33)28-21-20-25-11-2-3-12-26(25)22-28;2*1-3-5-6-4-2;6*1-2/h2*2-22H,23H2,1H3;2*3-6H,1-2H3;6*1-2H3/b;;2*5-3-,6-4-;;;;;;. The molecule has 16 aromatic rings. The number of hydrogen-bond donors (Lipinski definition) is 0. The van der Waals surface area contributed by atoms with Crippen molar-refractivity contribution < 1.29 is 8.83 Å². The van der Waals surface area contributed by atoms with E-state index in [1.807, 2.05) is 159 Å². The molecule has 0 spiro atoms. The first-order valence-electron chi connectivity index (χ1n) is 37.5. The van der Waals surface area contributed by atoms with Gasteiger partial charge in [0.05, 0.1) is 0 Å². The van der Waals surface area contributed by atoms with Gasteiger partial charge >= 0.3 is 0 Å². The van der Waals surface area contributed by atoms with Crippen LogP contribution < -0.4 is 0 Å². The lowest BCUT2D eigenvalue weighted by Gasteiger charge is -2.19. The summed E-state index contributed by atoms with van der Waals surface area (Å²) in [6.45, 7) is 36.4. The Morgan fingerprint density at radius 2 is 0.559 bits per heavy atom. The molecule has 0 saturated carbocycles. The minimum atomic E-state index is 0.831. The molecule has 2 aromatic heterocycles. The van der Waals surface area contributed by atoms with E-state index in [1.165, 1.54) is 142 Å². The Hall–Kier alpha value is -10.8. The Kier molecular flexibility index (Phi) is 31.1. The van der Waals surface area contributed by atoms with E-state index in [0.29, 0.717) is 0 Å². The summed E-state index contributed by atoms with van der Waals surface area (Å²) >= 11 is 0. The van der Waals surface area contributed by atoms with Crippen LogP contribution in [0.2, 0.25) is 0 Å². The lowest BCUT2D eigenvalue weighted by atomic mass is 9.84. The molecule has 520 valence electrons. The maximum Gasteiger partial charge on any atom is 0.135 e. The van der Waals surface area contributed by atoms with Crippen molar-refractivity contribution in [3.05, 3.63) is 337 Å². The molecule has 0 unspecified atom stereocenters. The van der Waals surface area contributed by atoms with E-state index < -0.39 is 0 Å². The minimum absolute atomic E-state index is 0.831. The fourth-order valence-corrected chi connectivity index (χ4v) is 13.5. The summed E-state index contributed by atoms with van der Waals surface area (Å²) in [6.07, 6.45) is 17.7. The van der Waals surface area contributed by atoms with E-state index in [-0.39, 0.29) is 0 Å². The zero-order valence-corrected chi connectivity index (χ0v) is 64.1. The molecule has 0 aliphatic heterocycles. The van der Waals surface area contributed by atoms with Gasteiger partial charge in [0.25, 0.3) is 0 Å². The first kappa shape index (κ1) is 78.5. The number of allylic oxidation sites excluding steroid dienone is 8. The van der Waals surface area contributed by atoms with Gasteiger partial charge in [0, 0.05) is 21.5 Å². The fraction of sp³-hybridized carbons (Fsp3) is 0.200. The number of furan rings is 2. The Morgan fingerprint density at radius 3 is 0.951 bits per heavy atom. The molecule has 0 aliphatic rings. The molecule has 0 fully saturated rings. The van der Waals surface area contributed by atoms with Gasteiger partial charge in [0.2, 0.25) is 0 Å². The van der Waals surface area contributed by atoms with Gasteiger partial charge in [0.1, 0.15) is 22.3 Å². The van der Waals surface area contributed by atoms with E-state index >= 15 is 0 Å². The summed E-state index contributed by atoms with van der Waals surface area (Å²) in [5.41, 5.74) is 16.8. The Morgan fingerprint density at radius 1 is 0.255 bits per heavy atom. The Balaban J connectivity index is 0.000000219. The van der Waals surface area contributed by atoms with Crippen molar-refractivity contribution in [2.75, 3.05) is 0 Å². The molecule has 0 radical (unpaired) electrons. The molecule has 2 nitrogen and oxygen atoms in total. The average Bonchev–Trinajstić information content (AvgIpc) is 0.835. The molecule has 0 amide bonds. The van der Waals surface area contributed by atoms with Crippen LogP contribution in [0, 0.1) is 13.8 Å². The third kappa shape index (κ3) is 17.3. The van der Waals surface area contributed by atoms with Crippen molar-refractivity contribution in [1.29, 1.82) is 0 Å². The second-order valence-electron chi connectivity index (χ2n) is 23.1. The number of hydrogen-bond acceptors (Lipinski definition) is 2. The largest absolute Gasteiger partial charge is 0.456 e. The van der Waals surface area contributed by atoms with E-state index in [0.717, 1.165) is 35.2 Å². The highest BCUT2D eigenvalue weighted by atomic mass is 16.3. The minimum Gasteiger partial charge on any atom is -0.456 e. The quantitative estimate of drug-likeness (QED) is 0.112. The van der Waals surface area contributed by atoms with Crippen molar-refractivity contribution >= 4 is 109 Å². The lowest BCUT2D eigenvalue weighted by Crippen LogP contribution is -1.96. The zero-order chi connectivity index (χ0) is 73.5. The fourth-order valence-electron chi connectivity index (χ4n) is 13.5. The van der Waals surface area contributed by atoms with Gasteiger partial charge in [-0.2, -0.15) is 0 Å². The van der Waals surface area contributed by atoms with Gasteiger partial charge in [-0.1, -0.05) is 356 Å². The second kappa shape index (κ2) is 40.5. The lowest BCUT2D eigenvalue weighted by molar-refractivity contribution is 0.668. The van der Waals surface area contributed by atoms with Crippen molar-refractivity contribution in [3.8, 4) is 22.3 Å². The molecule has 0 aliphatic carbocycles. The van der Waals surface area contributed by atoms with Gasteiger partial charge in [-0.3, -0.25) is 0 Å². The summed E-state index contributed by atoms with van der Waals surface area (Å²) in [5.74, 6) is 0. The predicted octanol–water partition coefficient (Wildman–Crippen LogP) is 31.7. The SMILES string of the molecule is C/C=C\C=C/C.C/C=C\C=C/C.CC.CC.CC.CC.CC.CC.Cc1cccc2oc3cccc(Cc4c5ccccc5c(-c5ccc6ccccc6c5)c5ccccc45)c3c12.Cc1cccc2oc3cccc(Cc4c5ccccc5c(-c5cccc6ccccc56)c5ccccc45)c3c12. The highest BCUT2D eigenvalue weighted by Crippen LogP contribution is 2.46. The predicted molar refractivity (Wildman–Crippen MR) is 459 cm³/mol. The molecule has 2 heteroatoms. The Bertz CT molecular complexity index is 5280. The maximum absolute atomic E-state index is 6.30. The number of benzene rings is 14. The van der Waals surface area contributed by atoms with E-state index in [4.69, 9.17) is 8.83 Å². The molecular formula is C100H108O2. The normalized spacial score (nSPS) is 10.8. The van der Waals surface area contributed by atoms with Gasteiger partial charge in [-0.05, 0) is 205 Å². The number of aryl methyl sites for hydroxylation is 2. The molecule has 0 bridgehead atoms. The second-order valence-corrected chi connectivity index (χ2v) is 23.1. The van der Waals surface area contributed by atoms with Crippen LogP contribution in [0.3, 0.4) is 0 Å². The molecule has 0 atom stereocenters. The van der Waals surface area contributed by atoms with Crippen LogP contribution in [-0.4, -0.2) is 0 Å². The summed E-state index contributed by atoms with van der Waals surface area (Å²) in [6, 6.07) is 92.2. The average molecular weight is 1340 g/mol. The van der Waals surface area contributed by atoms with Crippen LogP contribution in [0.1, 0.15) is 144 Å². The highest BCUT2D eigenvalue weighted by molar-refractivity contribution is 6.20. The molecule has 14 aromatic carbocycles. The van der Waals surface area contributed by atoms with Crippen molar-refractivity contribution in [1.82, 2.24) is 0 Å². The van der Waals surface area contributed by atoms with E-state index in [9.17, 15) is 0 Å². The zero-order valence-electron chi connectivity index (χ0n) is 64.1. The van der Waals surface area contributed by atoms with Crippen molar-refractivity contribution in [2.45, 2.75) is 137 Å². The maximum atomic E-state index is 6.30. The van der Waals surface area contributed by atoms with E-state index in [1.54, 1.807) is 0 Å². The molecule has 2 heterocycles. The molecule has 0 N–H and O–H groups in total. The van der Waals surface area contributed by atoms with Crippen molar-refractivity contribution in [2.24, 2.45) is 0 Å². The van der Waals surface area contributed by atoms with Crippen LogP contribution >= 0.6 is 0 Å². The van der Waals surface area contributed by atoms with Crippen LogP contribution in [0.25, 0.3) is 131 Å². The van der Waals surface area contributed by atoms with Gasteiger partial charge < -0.3 is 8.83 Å². The van der Waals surface area contributed by atoms with Crippen LogP contribution in [0.15, 0.2) is 312 Å². The molecule has 102 heavy (non-hydrogen) atoms. The summed E-state index contributed by atoms with van der Waals surface area (Å²) in [5, 5.41) is 20.4. The van der Waals surface area contributed by atoms with Gasteiger partial charge in [0.15, 0.2) is 0 Å². The summed E-state index contributed by atoms with van der Waals surface area (Å²) < 4.78 is 12.6. The first-order chi connectivity index (χ1) is 50.4. The third-order valence-electron chi connectivity index (χ3n) is 17.5. The molecular weight excluding hydrogens is 1230 g/mol. The monoisotopic (exact) mass is 1340 g/mol. The van der Waals surface area contributed by atoms with Crippen LogP contribution in [0.5, 0.6) is 0 Å². The van der Waals surface area contributed by atoms with E-state index in [2.05, 4.69) is 269 Å². The molecule has 16 rings (SSSR count). The topological polar surface area (TPSA) is 26.3 Å².